The lowest BCUT2D eigenvalue weighted by Gasteiger charge is -2.51. The third-order valence-corrected chi connectivity index (χ3v) is 3.86. The van der Waals surface area contributed by atoms with Crippen LogP contribution in [0.25, 0.3) is 0 Å². The molecule has 0 saturated heterocycles. The molecule has 2 aliphatic carbocycles. The van der Waals surface area contributed by atoms with E-state index in [-0.39, 0.29) is 0 Å². The molecule has 2 N–H and O–H groups in total. The molecule has 2 unspecified atom stereocenters. The fourth-order valence-electron chi connectivity index (χ4n) is 2.95. The van der Waals surface area contributed by atoms with Crippen molar-refractivity contribution < 1.29 is 0 Å². The summed E-state index contributed by atoms with van der Waals surface area (Å²) in [5.41, 5.74) is 6.62. The van der Waals surface area contributed by atoms with Crippen molar-refractivity contribution in [2.45, 2.75) is 52.0 Å². The number of hydrogen-bond donors (Lipinski definition) is 1. The van der Waals surface area contributed by atoms with Crippen molar-refractivity contribution in [3.05, 3.63) is 6.42 Å². The van der Waals surface area contributed by atoms with E-state index in [1.165, 1.54) is 32.1 Å². The highest BCUT2D eigenvalue weighted by Crippen LogP contribution is 2.55. The average Bonchev–Trinajstić information content (AvgIpc) is 2.56. The summed E-state index contributed by atoms with van der Waals surface area (Å²) < 4.78 is 0. The molecule has 0 aromatic rings. The maximum absolute atomic E-state index is 6.01. The molecule has 74 valence electrons. The Morgan fingerprint density at radius 2 is 1.85 bits per heavy atom. The van der Waals surface area contributed by atoms with Gasteiger partial charge in [-0.15, -0.1) is 0 Å². The summed E-state index contributed by atoms with van der Waals surface area (Å²) >= 11 is 0. The minimum Gasteiger partial charge on any atom is -0.694 e. The molecular formula is C12H20N-. The Balaban J connectivity index is 0.000000251. The molecule has 1 nitrogen and oxygen atoms in total. The van der Waals surface area contributed by atoms with E-state index in [1.54, 1.807) is 6.92 Å². The van der Waals surface area contributed by atoms with E-state index in [0.717, 1.165) is 5.92 Å². The monoisotopic (exact) mass is 178 g/mol. The van der Waals surface area contributed by atoms with Crippen LogP contribution in [0.5, 0.6) is 0 Å². The Bertz CT molecular complexity index is 186. The van der Waals surface area contributed by atoms with Crippen LogP contribution in [0.15, 0.2) is 0 Å². The maximum Gasteiger partial charge on any atom is 0.0101 e. The molecule has 2 saturated carbocycles. The Morgan fingerprint density at radius 1 is 1.38 bits per heavy atom. The second kappa shape index (κ2) is 4.15. The first-order chi connectivity index (χ1) is 6.17. The molecule has 1 heteroatoms. The highest BCUT2D eigenvalue weighted by Gasteiger charge is 2.51. The van der Waals surface area contributed by atoms with Crippen LogP contribution in [0.2, 0.25) is 0 Å². The van der Waals surface area contributed by atoms with E-state index < -0.39 is 0 Å². The van der Waals surface area contributed by atoms with Crippen molar-refractivity contribution in [2.24, 2.45) is 17.1 Å². The van der Waals surface area contributed by atoms with Gasteiger partial charge in [-0.2, -0.15) is 0 Å². The van der Waals surface area contributed by atoms with E-state index in [0.29, 0.717) is 11.5 Å². The van der Waals surface area contributed by atoms with Gasteiger partial charge in [0.25, 0.3) is 0 Å². The molecule has 2 fully saturated rings. The first-order valence-electron chi connectivity index (χ1n) is 5.26. The quantitative estimate of drug-likeness (QED) is 0.447. The van der Waals surface area contributed by atoms with Gasteiger partial charge in [0.2, 0.25) is 0 Å². The van der Waals surface area contributed by atoms with Gasteiger partial charge in [-0.05, 0) is 37.5 Å². The molecule has 1 spiro atoms. The standard InChI is InChI=1S/C9H17N.C3H3/c1-7-6-8(10)9(7)4-2-3-5-9;1-3-2/h7-8H,2-6,10H2,1H3;1H3/q;-1. The van der Waals surface area contributed by atoms with Crippen LogP contribution in [0.4, 0.5) is 0 Å². The summed E-state index contributed by atoms with van der Waals surface area (Å²) in [4.78, 5) is 0. The van der Waals surface area contributed by atoms with E-state index in [2.05, 4.69) is 6.92 Å². The predicted octanol–water partition coefficient (Wildman–Crippen LogP) is 2.51. The van der Waals surface area contributed by atoms with Gasteiger partial charge in [0, 0.05) is 6.04 Å². The van der Waals surface area contributed by atoms with Crippen molar-refractivity contribution >= 4 is 0 Å². The van der Waals surface area contributed by atoms with E-state index >= 15 is 0 Å². The fourth-order valence-corrected chi connectivity index (χ4v) is 2.95. The van der Waals surface area contributed by atoms with Crippen molar-refractivity contribution in [2.75, 3.05) is 0 Å². The SMILES string of the molecule is CC1CC(N)C12CCCC2.[C-]#CC. The molecule has 0 aromatic heterocycles. The lowest BCUT2D eigenvalue weighted by Crippen LogP contribution is -2.55. The Hall–Kier alpha value is -0.480. The Labute approximate surface area is 82.1 Å². The topological polar surface area (TPSA) is 26.0 Å². The first-order valence-corrected chi connectivity index (χ1v) is 5.26. The van der Waals surface area contributed by atoms with Crippen LogP contribution >= 0.6 is 0 Å². The minimum atomic E-state index is 0.546. The van der Waals surface area contributed by atoms with Crippen molar-refractivity contribution in [3.8, 4) is 5.92 Å². The summed E-state index contributed by atoms with van der Waals surface area (Å²) in [5.74, 6) is 2.92. The summed E-state index contributed by atoms with van der Waals surface area (Å²) in [6.45, 7) is 3.91. The Morgan fingerprint density at radius 3 is 2.08 bits per heavy atom. The van der Waals surface area contributed by atoms with Gasteiger partial charge in [-0.3, -0.25) is 0 Å². The molecule has 2 aliphatic rings. The smallest absolute Gasteiger partial charge is 0.0101 e. The third-order valence-electron chi connectivity index (χ3n) is 3.86. The van der Waals surface area contributed by atoms with E-state index in [9.17, 15) is 0 Å². The van der Waals surface area contributed by atoms with Gasteiger partial charge < -0.3 is 18.1 Å². The van der Waals surface area contributed by atoms with E-state index in [4.69, 9.17) is 12.2 Å². The predicted molar refractivity (Wildman–Crippen MR) is 55.5 cm³/mol. The zero-order valence-corrected chi connectivity index (χ0v) is 8.77. The molecule has 0 heterocycles. The molecule has 2 rings (SSSR count). The van der Waals surface area contributed by atoms with Crippen molar-refractivity contribution in [1.82, 2.24) is 0 Å². The van der Waals surface area contributed by atoms with E-state index in [1.807, 2.05) is 5.92 Å². The highest BCUT2D eigenvalue weighted by atomic mass is 14.8. The first kappa shape index (κ1) is 10.6. The molecule has 0 aliphatic heterocycles. The van der Waals surface area contributed by atoms with Gasteiger partial charge in [-0.1, -0.05) is 19.8 Å². The van der Waals surface area contributed by atoms with Crippen LogP contribution in [0.3, 0.4) is 0 Å². The zero-order chi connectivity index (χ0) is 9.90. The number of nitrogens with two attached hydrogens (primary N) is 1. The van der Waals surface area contributed by atoms with Gasteiger partial charge in [0.1, 0.15) is 0 Å². The maximum atomic E-state index is 6.01. The van der Waals surface area contributed by atoms with Gasteiger partial charge in [0.15, 0.2) is 0 Å². The average molecular weight is 178 g/mol. The lowest BCUT2D eigenvalue weighted by molar-refractivity contribution is 0.0190. The molecule has 13 heavy (non-hydrogen) atoms. The summed E-state index contributed by atoms with van der Waals surface area (Å²) in [7, 11) is 0. The van der Waals surface area contributed by atoms with Crippen LogP contribution in [-0.4, -0.2) is 6.04 Å². The second-order valence-electron chi connectivity index (χ2n) is 4.43. The molecule has 0 bridgehead atoms. The minimum absolute atomic E-state index is 0.546. The molecule has 2 atom stereocenters. The van der Waals surface area contributed by atoms with Gasteiger partial charge in [0.05, 0.1) is 0 Å². The summed E-state index contributed by atoms with van der Waals surface area (Å²) in [6.07, 6.45) is 12.9. The normalized spacial score (nSPS) is 34.3. The zero-order valence-electron chi connectivity index (χ0n) is 8.77. The number of rotatable bonds is 0. The Kier molecular flexibility index (Phi) is 3.39. The molecular weight excluding hydrogens is 158 g/mol. The lowest BCUT2D eigenvalue weighted by atomic mass is 9.56. The molecule has 0 aromatic carbocycles. The van der Waals surface area contributed by atoms with Crippen LogP contribution in [0.1, 0.15) is 46.0 Å². The largest absolute Gasteiger partial charge is 0.694 e. The molecule has 0 amide bonds. The highest BCUT2D eigenvalue weighted by molar-refractivity contribution is 5.05. The van der Waals surface area contributed by atoms with Crippen LogP contribution in [0, 0.1) is 23.7 Å². The summed E-state index contributed by atoms with van der Waals surface area (Å²) in [5, 5.41) is 0. The van der Waals surface area contributed by atoms with Crippen molar-refractivity contribution in [3.63, 3.8) is 0 Å². The fraction of sp³-hybridized carbons (Fsp3) is 0.833. The molecule has 0 radical (unpaired) electrons. The summed E-state index contributed by atoms with van der Waals surface area (Å²) in [6, 6.07) is 0.546. The number of hydrogen-bond acceptors (Lipinski definition) is 1. The van der Waals surface area contributed by atoms with Crippen LogP contribution in [-0.2, 0) is 0 Å². The van der Waals surface area contributed by atoms with Gasteiger partial charge in [-0.25, -0.2) is 0 Å². The van der Waals surface area contributed by atoms with Gasteiger partial charge >= 0.3 is 0 Å². The third kappa shape index (κ3) is 1.74. The van der Waals surface area contributed by atoms with Crippen LogP contribution < -0.4 is 5.73 Å². The second-order valence-corrected chi connectivity index (χ2v) is 4.43. The van der Waals surface area contributed by atoms with Crippen molar-refractivity contribution in [1.29, 1.82) is 0 Å².